The quantitative estimate of drug-likeness (QED) is 0.460. The van der Waals surface area contributed by atoms with Gasteiger partial charge in [-0.15, -0.1) is 0 Å². The molecular formula is C9H19FN2. The van der Waals surface area contributed by atoms with Crippen molar-refractivity contribution in [3.63, 3.8) is 0 Å². The predicted molar refractivity (Wildman–Crippen MR) is 48.8 cm³/mol. The topological polar surface area (TPSA) is 12.4 Å². The number of rotatable bonds is 2. The maximum absolute atomic E-state index is 4.33. The first-order valence-corrected chi connectivity index (χ1v) is 4.47. The predicted octanol–water partition coefficient (Wildman–Crippen LogP) is -1.33. The molecule has 72 valence electrons. The van der Waals surface area contributed by atoms with Crippen LogP contribution in [0.15, 0.2) is 4.99 Å². The number of halogens is 1. The van der Waals surface area contributed by atoms with Gasteiger partial charge < -0.3 is 4.70 Å². The third-order valence-corrected chi connectivity index (χ3v) is 2.84. The molecule has 12 heavy (non-hydrogen) atoms. The average Bonchev–Trinajstić information content (AvgIpc) is 2.34. The normalized spacial score (nSPS) is 20.2. The molecule has 1 aliphatic rings. The van der Waals surface area contributed by atoms with Crippen molar-refractivity contribution >= 4 is 6.34 Å². The lowest BCUT2D eigenvalue weighted by Gasteiger charge is -2.38. The second-order valence-electron chi connectivity index (χ2n) is 3.93. The maximum atomic E-state index is 4.33. The summed E-state index contributed by atoms with van der Waals surface area (Å²) >= 11 is 0. The second kappa shape index (κ2) is 3.99. The van der Waals surface area contributed by atoms with Crippen LogP contribution < -0.4 is 4.70 Å². The summed E-state index contributed by atoms with van der Waals surface area (Å²) in [5, 5.41) is 0. The Morgan fingerprint density at radius 2 is 1.67 bits per heavy atom. The molecule has 1 heterocycles. The van der Waals surface area contributed by atoms with E-state index in [4.69, 9.17) is 0 Å². The third kappa shape index (κ3) is 1.66. The highest BCUT2D eigenvalue weighted by Crippen LogP contribution is 2.19. The number of quaternary nitrogens is 1. The van der Waals surface area contributed by atoms with Crippen molar-refractivity contribution in [1.29, 1.82) is 0 Å². The van der Waals surface area contributed by atoms with Crippen molar-refractivity contribution in [3.05, 3.63) is 0 Å². The van der Waals surface area contributed by atoms with Gasteiger partial charge in [-0.2, -0.15) is 0 Å². The van der Waals surface area contributed by atoms with E-state index in [1.165, 1.54) is 6.54 Å². The highest BCUT2D eigenvalue weighted by molar-refractivity contribution is 5.48. The molecule has 0 radical (unpaired) electrons. The Hall–Kier alpha value is -0.440. The summed E-state index contributed by atoms with van der Waals surface area (Å²) in [4.78, 5) is 4.33. The van der Waals surface area contributed by atoms with Crippen LogP contribution in [-0.2, 0) is 0 Å². The fraction of sp³-hybridized carbons (Fsp3) is 0.889. The molecule has 2 nitrogen and oxygen atoms in total. The molecule has 0 saturated carbocycles. The van der Waals surface area contributed by atoms with E-state index in [2.05, 4.69) is 39.0 Å². The third-order valence-electron chi connectivity index (χ3n) is 2.84. The van der Waals surface area contributed by atoms with Gasteiger partial charge >= 0.3 is 0 Å². The van der Waals surface area contributed by atoms with Crippen molar-refractivity contribution < 1.29 is 9.19 Å². The largest absolute Gasteiger partial charge is 1.00 e. The summed E-state index contributed by atoms with van der Waals surface area (Å²) in [5.74, 6) is 0. The van der Waals surface area contributed by atoms with E-state index in [1.807, 2.05) is 0 Å². The van der Waals surface area contributed by atoms with Crippen molar-refractivity contribution in [2.24, 2.45) is 4.99 Å². The van der Waals surface area contributed by atoms with Crippen LogP contribution in [0.25, 0.3) is 0 Å². The summed E-state index contributed by atoms with van der Waals surface area (Å²) < 4.78 is 1.07. The summed E-state index contributed by atoms with van der Waals surface area (Å²) in [6, 6.07) is 1.34. The SMILES string of the molecule is CC(C)[N+]1(C(C)C)C=NCC1.[F-]. The van der Waals surface area contributed by atoms with Gasteiger partial charge in [-0.3, -0.25) is 4.48 Å². The van der Waals surface area contributed by atoms with Gasteiger partial charge in [0.2, 0.25) is 0 Å². The molecule has 0 unspecified atom stereocenters. The Morgan fingerprint density at radius 1 is 1.17 bits per heavy atom. The van der Waals surface area contributed by atoms with E-state index >= 15 is 0 Å². The van der Waals surface area contributed by atoms with Crippen molar-refractivity contribution in [3.8, 4) is 0 Å². The molecule has 0 bridgehead atoms. The minimum absolute atomic E-state index is 0. The lowest BCUT2D eigenvalue weighted by molar-refractivity contribution is -0.872. The van der Waals surface area contributed by atoms with E-state index in [1.54, 1.807) is 0 Å². The minimum Gasteiger partial charge on any atom is -1.00 e. The average molecular weight is 174 g/mol. The molecule has 1 aliphatic heterocycles. The molecule has 0 fully saturated rings. The summed E-state index contributed by atoms with van der Waals surface area (Å²) in [7, 11) is 0. The molecule has 0 aromatic heterocycles. The molecule has 0 atom stereocenters. The van der Waals surface area contributed by atoms with Gasteiger partial charge in [0.05, 0.1) is 18.6 Å². The summed E-state index contributed by atoms with van der Waals surface area (Å²) in [6.45, 7) is 11.3. The lowest BCUT2D eigenvalue weighted by atomic mass is 10.2. The minimum atomic E-state index is 0. The van der Waals surface area contributed by atoms with Gasteiger partial charge in [0.25, 0.3) is 0 Å². The monoisotopic (exact) mass is 174 g/mol. The zero-order valence-corrected chi connectivity index (χ0v) is 8.42. The standard InChI is InChI=1S/C9H19N2.FH/c1-8(2)11(9(3)4)6-5-10-7-11;/h7-9H,5-6H2,1-4H3;1H/q+1;/p-1. The van der Waals surface area contributed by atoms with Crippen LogP contribution >= 0.6 is 0 Å². The van der Waals surface area contributed by atoms with E-state index in [-0.39, 0.29) is 4.70 Å². The molecule has 0 amide bonds. The summed E-state index contributed by atoms with van der Waals surface area (Å²) in [6.07, 6.45) is 2.13. The van der Waals surface area contributed by atoms with E-state index in [0.717, 1.165) is 11.0 Å². The van der Waals surface area contributed by atoms with Crippen LogP contribution in [0.2, 0.25) is 0 Å². The first-order chi connectivity index (χ1) is 5.09. The molecule has 0 saturated heterocycles. The molecule has 0 aromatic carbocycles. The zero-order chi connectivity index (χ0) is 8.48. The van der Waals surface area contributed by atoms with Gasteiger partial charge in [0.1, 0.15) is 6.54 Å². The van der Waals surface area contributed by atoms with Gasteiger partial charge in [0.15, 0.2) is 6.34 Å². The van der Waals surface area contributed by atoms with Gasteiger partial charge in [0, 0.05) is 0 Å². The molecule has 0 aliphatic carbocycles. The van der Waals surface area contributed by atoms with E-state index in [0.29, 0.717) is 12.1 Å². The Kier molecular flexibility index (Phi) is 3.84. The fourth-order valence-electron chi connectivity index (χ4n) is 1.88. The Morgan fingerprint density at radius 3 is 1.83 bits per heavy atom. The van der Waals surface area contributed by atoms with Crippen molar-refractivity contribution in [1.82, 2.24) is 0 Å². The van der Waals surface area contributed by atoms with Crippen LogP contribution in [-0.4, -0.2) is 36.0 Å². The van der Waals surface area contributed by atoms with Gasteiger partial charge in [-0.1, -0.05) is 0 Å². The number of nitrogens with zero attached hydrogens (tertiary/aromatic N) is 2. The Bertz CT molecular complexity index is 156. The molecule has 0 aromatic rings. The summed E-state index contributed by atoms with van der Waals surface area (Å²) in [5.41, 5.74) is 0. The lowest BCUT2D eigenvalue weighted by Crippen LogP contribution is -3.00. The second-order valence-corrected chi connectivity index (χ2v) is 3.93. The highest BCUT2D eigenvalue weighted by atomic mass is 19.0. The van der Waals surface area contributed by atoms with Crippen molar-refractivity contribution in [2.75, 3.05) is 13.1 Å². The first kappa shape index (κ1) is 11.6. The van der Waals surface area contributed by atoms with Gasteiger partial charge in [-0.05, 0) is 27.7 Å². The number of hydrogen-bond donors (Lipinski definition) is 0. The van der Waals surface area contributed by atoms with Crippen LogP contribution in [0.3, 0.4) is 0 Å². The maximum Gasteiger partial charge on any atom is 0.185 e. The number of hydrogen-bond acceptors (Lipinski definition) is 1. The first-order valence-electron chi connectivity index (χ1n) is 4.47. The van der Waals surface area contributed by atoms with E-state index in [9.17, 15) is 0 Å². The number of aliphatic imine (C=N–C) groups is 1. The van der Waals surface area contributed by atoms with Crippen LogP contribution in [0.5, 0.6) is 0 Å². The van der Waals surface area contributed by atoms with Crippen molar-refractivity contribution in [2.45, 2.75) is 39.8 Å². The molecule has 1 rings (SSSR count). The fourth-order valence-corrected chi connectivity index (χ4v) is 1.88. The Balaban J connectivity index is 0.00000121. The van der Waals surface area contributed by atoms with Crippen LogP contribution in [0.4, 0.5) is 0 Å². The highest BCUT2D eigenvalue weighted by Gasteiger charge is 2.35. The smallest absolute Gasteiger partial charge is 0.185 e. The van der Waals surface area contributed by atoms with Crippen LogP contribution in [0.1, 0.15) is 27.7 Å². The van der Waals surface area contributed by atoms with Gasteiger partial charge in [-0.25, -0.2) is 4.99 Å². The Labute approximate surface area is 74.2 Å². The van der Waals surface area contributed by atoms with Crippen LogP contribution in [0, 0.1) is 0 Å². The molecule has 0 N–H and O–H groups in total. The zero-order valence-electron chi connectivity index (χ0n) is 8.42. The molecular weight excluding hydrogens is 155 g/mol. The van der Waals surface area contributed by atoms with E-state index < -0.39 is 0 Å². The molecule has 0 spiro atoms. The molecule has 3 heteroatoms.